The predicted molar refractivity (Wildman–Crippen MR) is 110 cm³/mol. The van der Waals surface area contributed by atoms with E-state index in [1.54, 1.807) is 13.0 Å². The van der Waals surface area contributed by atoms with Gasteiger partial charge in [0, 0.05) is 5.69 Å². The summed E-state index contributed by atoms with van der Waals surface area (Å²) < 4.78 is 6.86. The number of aryl methyl sites for hydroxylation is 1. The molecule has 0 aliphatic rings. The molecule has 0 bridgehead atoms. The molecular weight excluding hydrogens is 394 g/mol. The van der Waals surface area contributed by atoms with E-state index in [-0.39, 0.29) is 17.3 Å². The van der Waals surface area contributed by atoms with Gasteiger partial charge in [0.25, 0.3) is 5.69 Å². The molecule has 1 atom stereocenters. The Hall–Kier alpha value is -3.40. The van der Waals surface area contributed by atoms with Crippen LogP contribution in [0.4, 0.5) is 11.4 Å². The molecular formula is C19H19N5O4S. The fraction of sp³-hybridized carbons (Fsp3) is 0.211. The molecule has 1 N–H and O–H groups in total. The Kier molecular flexibility index (Phi) is 6.13. The summed E-state index contributed by atoms with van der Waals surface area (Å²) in [5.74, 6) is 0.643. The van der Waals surface area contributed by atoms with Gasteiger partial charge >= 0.3 is 0 Å². The first-order valence-corrected chi connectivity index (χ1v) is 9.56. The largest absolute Gasteiger partial charge is 0.496 e. The normalized spacial score (nSPS) is 11.7. The zero-order valence-electron chi connectivity index (χ0n) is 16.0. The Labute approximate surface area is 171 Å². The number of carbonyl (C=O) groups is 1. The van der Waals surface area contributed by atoms with Crippen LogP contribution in [-0.2, 0) is 4.79 Å². The van der Waals surface area contributed by atoms with Crippen molar-refractivity contribution in [3.63, 3.8) is 0 Å². The van der Waals surface area contributed by atoms with E-state index in [0.29, 0.717) is 16.7 Å². The molecule has 0 aliphatic carbocycles. The zero-order valence-corrected chi connectivity index (χ0v) is 16.8. The van der Waals surface area contributed by atoms with Crippen molar-refractivity contribution in [1.29, 1.82) is 0 Å². The van der Waals surface area contributed by atoms with E-state index >= 15 is 0 Å². The highest BCUT2D eigenvalue weighted by Crippen LogP contribution is 2.31. The van der Waals surface area contributed by atoms with Crippen LogP contribution < -0.4 is 10.1 Å². The molecule has 2 aromatic carbocycles. The van der Waals surface area contributed by atoms with Crippen LogP contribution in [-0.4, -0.2) is 38.0 Å². The van der Waals surface area contributed by atoms with Crippen LogP contribution in [0.15, 0.2) is 53.7 Å². The second-order valence-corrected chi connectivity index (χ2v) is 7.40. The quantitative estimate of drug-likeness (QED) is 0.358. The molecule has 150 valence electrons. The Bertz CT molecular complexity index is 1040. The summed E-state index contributed by atoms with van der Waals surface area (Å²) in [5.41, 5.74) is 0.753. The predicted octanol–water partition coefficient (Wildman–Crippen LogP) is 3.61. The van der Waals surface area contributed by atoms with Crippen LogP contribution in [0, 0.1) is 17.0 Å². The number of carbonyl (C=O) groups excluding carboxylic acids is 1. The number of methoxy groups -OCH3 is 1. The molecule has 10 heteroatoms. The van der Waals surface area contributed by atoms with E-state index in [4.69, 9.17) is 4.74 Å². The average molecular weight is 413 g/mol. The van der Waals surface area contributed by atoms with Gasteiger partial charge in [0.2, 0.25) is 5.91 Å². The highest BCUT2D eigenvalue weighted by Gasteiger charge is 2.23. The lowest BCUT2D eigenvalue weighted by Crippen LogP contribution is -2.23. The minimum atomic E-state index is -0.567. The van der Waals surface area contributed by atoms with Gasteiger partial charge in [-0.25, -0.2) is 0 Å². The van der Waals surface area contributed by atoms with Crippen molar-refractivity contribution < 1.29 is 14.5 Å². The standard InChI is InChI=1S/C19H19N5O4S/c1-12(18(25)20-16-10-9-15(28-3)11-17(16)24(26)27)29-19-22-21-13(2)23(19)14-7-5-4-6-8-14/h4-12H,1-3H3,(H,20,25)/t12-/m1/s1. The average Bonchev–Trinajstić information content (AvgIpc) is 3.08. The van der Waals surface area contributed by atoms with Gasteiger partial charge in [-0.2, -0.15) is 0 Å². The number of amides is 1. The number of hydrogen-bond donors (Lipinski definition) is 1. The third kappa shape index (κ3) is 4.54. The van der Waals surface area contributed by atoms with Crippen LogP contribution in [0.3, 0.4) is 0 Å². The molecule has 0 saturated heterocycles. The number of rotatable bonds is 7. The summed E-state index contributed by atoms with van der Waals surface area (Å²) in [6, 6.07) is 13.8. The number of nitrogens with one attached hydrogen (secondary N) is 1. The molecule has 3 rings (SSSR count). The monoisotopic (exact) mass is 413 g/mol. The molecule has 0 unspecified atom stereocenters. The Morgan fingerprint density at radius 1 is 1.24 bits per heavy atom. The molecule has 0 saturated carbocycles. The first-order valence-electron chi connectivity index (χ1n) is 8.68. The third-order valence-corrected chi connectivity index (χ3v) is 5.16. The lowest BCUT2D eigenvalue weighted by atomic mass is 10.2. The molecule has 0 aliphatic heterocycles. The number of hydrogen-bond acceptors (Lipinski definition) is 7. The maximum atomic E-state index is 12.7. The molecule has 9 nitrogen and oxygen atoms in total. The third-order valence-electron chi connectivity index (χ3n) is 4.12. The van der Waals surface area contributed by atoms with Crippen LogP contribution in [0.5, 0.6) is 5.75 Å². The fourth-order valence-electron chi connectivity index (χ4n) is 2.63. The van der Waals surface area contributed by atoms with Crippen molar-refractivity contribution in [2.45, 2.75) is 24.3 Å². The summed E-state index contributed by atoms with van der Waals surface area (Å²) in [4.78, 5) is 23.4. The number of nitro groups is 1. The molecule has 29 heavy (non-hydrogen) atoms. The second kappa shape index (κ2) is 8.74. The first-order chi connectivity index (χ1) is 13.9. The maximum absolute atomic E-state index is 12.7. The van der Waals surface area contributed by atoms with Crippen LogP contribution >= 0.6 is 11.8 Å². The summed E-state index contributed by atoms with van der Waals surface area (Å²) in [5, 5.41) is 22.2. The van der Waals surface area contributed by atoms with E-state index in [2.05, 4.69) is 15.5 Å². The summed E-state index contributed by atoms with van der Waals surface area (Å²) >= 11 is 1.22. The SMILES string of the molecule is COc1ccc(NC(=O)[C@@H](C)Sc2nnc(C)n2-c2ccccc2)c([N+](=O)[O-])c1. The zero-order chi connectivity index (χ0) is 21.0. The number of para-hydroxylation sites is 1. The fourth-order valence-corrected chi connectivity index (χ4v) is 3.55. The highest BCUT2D eigenvalue weighted by molar-refractivity contribution is 8.00. The van der Waals surface area contributed by atoms with Crippen LogP contribution in [0.1, 0.15) is 12.7 Å². The molecule has 1 amide bonds. The Morgan fingerprint density at radius 2 is 1.97 bits per heavy atom. The van der Waals surface area contributed by atoms with Crippen molar-refractivity contribution in [2.75, 3.05) is 12.4 Å². The van der Waals surface area contributed by atoms with Crippen molar-refractivity contribution in [3.05, 3.63) is 64.5 Å². The molecule has 0 radical (unpaired) electrons. The molecule has 3 aromatic rings. The molecule has 0 fully saturated rings. The highest BCUT2D eigenvalue weighted by atomic mass is 32.2. The second-order valence-electron chi connectivity index (χ2n) is 6.09. The Balaban J connectivity index is 1.79. The summed E-state index contributed by atoms with van der Waals surface area (Å²) in [7, 11) is 1.42. The van der Waals surface area contributed by atoms with Crippen molar-refractivity contribution in [3.8, 4) is 11.4 Å². The number of benzene rings is 2. The van der Waals surface area contributed by atoms with Crippen molar-refractivity contribution in [1.82, 2.24) is 14.8 Å². The van der Waals surface area contributed by atoms with Gasteiger partial charge in [-0.1, -0.05) is 30.0 Å². The van der Waals surface area contributed by atoms with Gasteiger partial charge in [-0.15, -0.1) is 10.2 Å². The summed E-state index contributed by atoms with van der Waals surface area (Å²) in [6.45, 7) is 3.53. The van der Waals surface area contributed by atoms with E-state index < -0.39 is 10.2 Å². The van der Waals surface area contributed by atoms with E-state index in [9.17, 15) is 14.9 Å². The number of nitrogens with zero attached hydrogens (tertiary/aromatic N) is 4. The van der Waals surface area contributed by atoms with Gasteiger partial charge in [0.15, 0.2) is 5.16 Å². The van der Waals surface area contributed by atoms with E-state index in [1.165, 1.54) is 31.0 Å². The van der Waals surface area contributed by atoms with Crippen LogP contribution in [0.2, 0.25) is 0 Å². The Morgan fingerprint density at radius 3 is 2.62 bits per heavy atom. The van der Waals surface area contributed by atoms with Gasteiger partial charge < -0.3 is 10.1 Å². The number of ether oxygens (including phenoxy) is 1. The number of aromatic nitrogens is 3. The van der Waals surface area contributed by atoms with E-state index in [1.807, 2.05) is 41.8 Å². The number of thioether (sulfide) groups is 1. The molecule has 1 aromatic heterocycles. The van der Waals surface area contributed by atoms with Gasteiger partial charge in [-0.3, -0.25) is 19.5 Å². The minimum absolute atomic E-state index is 0.106. The first kappa shape index (κ1) is 20.3. The molecule has 1 heterocycles. The van der Waals surface area contributed by atoms with Crippen LogP contribution in [0.25, 0.3) is 5.69 Å². The summed E-state index contributed by atoms with van der Waals surface area (Å²) in [6.07, 6.45) is 0. The maximum Gasteiger partial charge on any atom is 0.296 e. The van der Waals surface area contributed by atoms with Crippen molar-refractivity contribution in [2.24, 2.45) is 0 Å². The number of anilines is 1. The van der Waals surface area contributed by atoms with Gasteiger partial charge in [0.05, 0.1) is 23.3 Å². The molecule has 0 spiro atoms. The van der Waals surface area contributed by atoms with Crippen molar-refractivity contribution >= 4 is 29.0 Å². The minimum Gasteiger partial charge on any atom is -0.496 e. The van der Waals surface area contributed by atoms with Gasteiger partial charge in [-0.05, 0) is 38.1 Å². The lowest BCUT2D eigenvalue weighted by molar-refractivity contribution is -0.384. The topological polar surface area (TPSA) is 112 Å². The number of nitro benzene ring substituents is 1. The lowest BCUT2D eigenvalue weighted by Gasteiger charge is -2.13. The smallest absolute Gasteiger partial charge is 0.296 e. The van der Waals surface area contributed by atoms with Gasteiger partial charge in [0.1, 0.15) is 17.3 Å². The van der Waals surface area contributed by atoms with E-state index in [0.717, 1.165) is 5.69 Å².